The topological polar surface area (TPSA) is 283 Å². The number of amides is 5. The molecule has 20 heteroatoms. The minimum absolute atomic E-state index is 0. The van der Waals surface area contributed by atoms with Crippen LogP contribution in [0.1, 0.15) is 120 Å². The minimum Gasteiger partial charge on any atom is -1.00 e. The van der Waals surface area contributed by atoms with Crippen LogP contribution in [-0.2, 0) is 49.5 Å². The third-order valence-corrected chi connectivity index (χ3v) is 8.09. The summed E-state index contributed by atoms with van der Waals surface area (Å²) in [5.41, 5.74) is 9.22. The van der Waals surface area contributed by atoms with E-state index in [1.165, 1.54) is 0 Å². The number of hydrogen-bond acceptors (Lipinski definition) is 11. The van der Waals surface area contributed by atoms with Crippen molar-refractivity contribution in [2.75, 3.05) is 13.1 Å². The number of nitrogens with one attached hydrogen (secondary N) is 6. The monoisotopic (exact) mass is 898 g/mol. The van der Waals surface area contributed by atoms with Gasteiger partial charge in [-0.15, -0.1) is 0 Å². The third-order valence-electron chi connectivity index (χ3n) is 8.09. The summed E-state index contributed by atoms with van der Waals surface area (Å²) >= 11 is 0. The van der Waals surface area contributed by atoms with Crippen molar-refractivity contribution in [3.8, 4) is 0 Å². The Hall–Kier alpha value is -5.33. The number of carbonyl (C=O) groups excluding carboxylic acids is 7. The molecule has 5 amide bonds. The van der Waals surface area contributed by atoms with E-state index < -0.39 is 95.2 Å². The summed E-state index contributed by atoms with van der Waals surface area (Å²) in [5, 5.41) is 13.1. The van der Waals surface area contributed by atoms with Crippen LogP contribution in [0.2, 0.25) is 0 Å². The second kappa shape index (κ2) is 26.9. The number of hydrogen-bond donors (Lipinski definition) is 8. The van der Waals surface area contributed by atoms with Gasteiger partial charge < -0.3 is 57.9 Å². The molecular weight excluding hydrogens is 828 g/mol. The van der Waals surface area contributed by atoms with Crippen LogP contribution >= 0.6 is 0 Å². The summed E-state index contributed by atoms with van der Waals surface area (Å²) < 4.78 is 21.6. The third kappa shape index (κ3) is 26.1. The maximum atomic E-state index is 14.2. The van der Waals surface area contributed by atoms with Gasteiger partial charge in [0.1, 0.15) is 47.6 Å². The van der Waals surface area contributed by atoms with E-state index in [1.807, 2.05) is 6.07 Å². The molecule has 0 aliphatic rings. The normalized spacial score (nSPS) is 13.4. The first kappa shape index (κ1) is 56.7. The zero-order chi connectivity index (χ0) is 46.6. The molecular formula is C42H71ClN8O11. The van der Waals surface area contributed by atoms with Crippen molar-refractivity contribution in [3.63, 3.8) is 0 Å². The molecule has 0 heterocycles. The highest BCUT2D eigenvalue weighted by atomic mass is 35.5. The fourth-order valence-electron chi connectivity index (χ4n) is 5.38. The second-order valence-corrected chi connectivity index (χ2v) is 17.9. The largest absolute Gasteiger partial charge is 1.00 e. The Labute approximate surface area is 372 Å². The predicted octanol–water partition coefficient (Wildman–Crippen LogP) is -1.70. The van der Waals surface area contributed by atoms with Crippen LogP contribution in [0.3, 0.4) is 0 Å². The molecule has 62 heavy (non-hydrogen) atoms. The van der Waals surface area contributed by atoms with Gasteiger partial charge in [0.25, 0.3) is 0 Å². The molecule has 0 radical (unpaired) electrons. The molecule has 0 fully saturated rings. The van der Waals surface area contributed by atoms with E-state index in [2.05, 4.69) is 31.6 Å². The molecule has 4 atom stereocenters. The molecule has 10 N–H and O–H groups in total. The number of benzene rings is 1. The number of nitrogens with two attached hydrogens (primary N) is 2. The van der Waals surface area contributed by atoms with Crippen LogP contribution in [0.15, 0.2) is 30.3 Å². The van der Waals surface area contributed by atoms with Crippen molar-refractivity contribution >= 4 is 47.8 Å². The lowest BCUT2D eigenvalue weighted by Gasteiger charge is -2.29. The molecule has 0 saturated heterocycles. The highest BCUT2D eigenvalue weighted by Gasteiger charge is 2.35. The summed E-state index contributed by atoms with van der Waals surface area (Å²) in [6, 6.07) is 3.65. The van der Waals surface area contributed by atoms with Gasteiger partial charge in [0.05, 0.1) is 13.0 Å². The van der Waals surface area contributed by atoms with Gasteiger partial charge >= 0.3 is 30.1 Å². The van der Waals surface area contributed by atoms with Crippen molar-refractivity contribution in [3.05, 3.63) is 35.9 Å². The van der Waals surface area contributed by atoms with Crippen LogP contribution in [0, 0.1) is 5.92 Å². The van der Waals surface area contributed by atoms with Gasteiger partial charge in [0.15, 0.2) is 0 Å². The summed E-state index contributed by atoms with van der Waals surface area (Å²) in [6.07, 6.45) is -1.17. The number of guanidine groups is 1. The van der Waals surface area contributed by atoms with Crippen LogP contribution in [0.5, 0.6) is 0 Å². The van der Waals surface area contributed by atoms with Gasteiger partial charge in [-0.25, -0.2) is 14.4 Å². The Morgan fingerprint density at radius 1 is 0.645 bits per heavy atom. The summed E-state index contributed by atoms with van der Waals surface area (Å²) in [6.45, 7) is 18.9. The molecule has 1 aromatic rings. The van der Waals surface area contributed by atoms with Gasteiger partial charge in [-0.05, 0) is 106 Å². The molecule has 0 aliphatic carbocycles. The highest BCUT2D eigenvalue weighted by molar-refractivity contribution is 5.96. The minimum atomic E-state index is -1.56. The Kier molecular flexibility index (Phi) is 24.6. The first-order valence-corrected chi connectivity index (χ1v) is 20.6. The van der Waals surface area contributed by atoms with Crippen molar-refractivity contribution < 1.29 is 69.9 Å². The molecule has 0 aromatic heterocycles. The van der Waals surface area contributed by atoms with Crippen molar-refractivity contribution in [1.29, 1.82) is 0 Å². The quantitative estimate of drug-likeness (QED) is 0.0212. The Morgan fingerprint density at radius 2 is 1.16 bits per heavy atom. The average molecular weight is 900 g/mol. The summed E-state index contributed by atoms with van der Waals surface area (Å²) in [5.74, 6) is -4.51. The van der Waals surface area contributed by atoms with Crippen LogP contribution in [0.4, 0.5) is 9.59 Å². The lowest BCUT2D eigenvalue weighted by molar-refractivity contribution is -0.459. The van der Waals surface area contributed by atoms with Crippen molar-refractivity contribution in [2.45, 2.75) is 162 Å². The lowest BCUT2D eigenvalue weighted by Crippen LogP contribution is -3.00. The Balaban J connectivity index is 0.0000372. The van der Waals surface area contributed by atoms with E-state index in [1.54, 1.807) is 100 Å². The number of unbranched alkanes of at least 4 members (excludes halogenated alkanes) is 1. The van der Waals surface area contributed by atoms with Gasteiger partial charge in [0.2, 0.25) is 17.7 Å². The van der Waals surface area contributed by atoms with Crippen LogP contribution in [0.25, 0.3) is 0 Å². The number of esters is 2. The number of rotatable bonds is 22. The van der Waals surface area contributed by atoms with Crippen LogP contribution in [-0.4, -0.2) is 102 Å². The van der Waals surface area contributed by atoms with E-state index >= 15 is 0 Å². The number of alkyl carbamates (subject to hydrolysis) is 2. The number of carbonyl (C=O) groups is 7. The fourth-order valence-corrected chi connectivity index (χ4v) is 5.38. The van der Waals surface area contributed by atoms with E-state index in [9.17, 15) is 33.6 Å². The van der Waals surface area contributed by atoms with Gasteiger partial charge in [-0.1, -0.05) is 44.2 Å². The molecule has 352 valence electrons. The zero-order valence-corrected chi connectivity index (χ0v) is 38.9. The molecule has 0 bridgehead atoms. The molecule has 0 saturated carbocycles. The van der Waals surface area contributed by atoms with Gasteiger partial charge in [0, 0.05) is 6.54 Å². The first-order valence-electron chi connectivity index (χ1n) is 20.6. The number of ether oxygens (including phenoxy) is 4. The van der Waals surface area contributed by atoms with E-state index in [4.69, 9.17) is 30.4 Å². The molecule has 1 aromatic carbocycles. The molecule has 1 rings (SSSR count). The molecule has 0 spiro atoms. The highest BCUT2D eigenvalue weighted by Crippen LogP contribution is 2.15. The predicted molar refractivity (Wildman–Crippen MR) is 227 cm³/mol. The second-order valence-electron chi connectivity index (χ2n) is 17.9. The summed E-state index contributed by atoms with van der Waals surface area (Å²) in [4.78, 5) is 96.2. The van der Waals surface area contributed by atoms with Crippen molar-refractivity contribution in [2.24, 2.45) is 17.4 Å². The van der Waals surface area contributed by atoms with E-state index in [0.717, 1.165) is 0 Å². The molecule has 0 unspecified atom stereocenters. The summed E-state index contributed by atoms with van der Waals surface area (Å²) in [7, 11) is 0. The lowest BCUT2D eigenvalue weighted by atomic mass is 10.0. The molecule has 19 nitrogen and oxygen atoms in total. The van der Waals surface area contributed by atoms with E-state index in [0.29, 0.717) is 18.4 Å². The van der Waals surface area contributed by atoms with Crippen LogP contribution < -0.4 is 55.5 Å². The molecule has 0 aliphatic heterocycles. The fraction of sp³-hybridized carbons (Fsp3) is 0.667. The van der Waals surface area contributed by atoms with E-state index in [-0.39, 0.29) is 57.3 Å². The van der Waals surface area contributed by atoms with Crippen molar-refractivity contribution in [1.82, 2.24) is 26.6 Å². The standard InChI is InChI=1S/C42H70N8O11.ClH/c1-26(2)32(36(55)60-41(6,7)8)50-35(54)30(24-31(51)59-40(3,4)5)48-33(52)28(20-15-16-22-46-38(56)61-42(9,10)11)47-34(53)29(21-17-23-45-37(43)44)49-39(57)58-25-27-18-13-12-14-19-27;/h12-14,18-19,26,28-30,32H,15-17,20-25H2,1-11H3,(H,46,56)(H,47,53)(H,48,52)(H,49,57)(H,50,54)(H4,43,44,45);1H/t28-,29-,30-,32-;/m0./s1. The van der Waals surface area contributed by atoms with Gasteiger partial charge in [-0.2, -0.15) is 0 Å². The number of halogens is 1. The maximum absolute atomic E-state index is 14.2. The Bertz CT molecular complexity index is 1640. The van der Waals surface area contributed by atoms with Gasteiger partial charge in [-0.3, -0.25) is 35.6 Å². The smallest absolute Gasteiger partial charge is 0.408 e. The maximum Gasteiger partial charge on any atom is 0.408 e. The SMILES string of the molecule is CC(C)[C@H](NC(=O)[C@H](CC(=O)OC(C)(C)C)NC(=O)[C@H](CCCCNC(=O)OC(C)(C)C)NC(=O)[C@H](CCC[NH+]=C(N)N)NC(=O)OCc1ccccc1)C(=O)OC(C)(C)C.[Cl-]. The first-order chi connectivity index (χ1) is 28.2. The average Bonchev–Trinajstić information content (AvgIpc) is 3.10. The Morgan fingerprint density at radius 3 is 1.69 bits per heavy atom. The zero-order valence-electron chi connectivity index (χ0n) is 38.2.